The molecule has 1 aromatic heterocycles. The fourth-order valence-corrected chi connectivity index (χ4v) is 3.43. The van der Waals surface area contributed by atoms with Crippen molar-refractivity contribution in [2.24, 2.45) is 0 Å². The predicted octanol–water partition coefficient (Wildman–Crippen LogP) is 4.01. The average Bonchev–Trinajstić information content (AvgIpc) is 3.21. The van der Waals surface area contributed by atoms with E-state index in [0.717, 1.165) is 34.2 Å². The molecule has 0 spiro atoms. The number of fused-ring (bicyclic) bond motifs is 2. The Bertz CT molecular complexity index is 1020. The number of esters is 1. The third kappa shape index (κ3) is 2.75. The summed E-state index contributed by atoms with van der Waals surface area (Å²) in [6.45, 7) is 4.25. The highest BCUT2D eigenvalue weighted by molar-refractivity contribution is 5.96. The fraction of sp³-hybridized carbons (Fsp3) is 0.238. The van der Waals surface area contributed by atoms with E-state index in [2.05, 4.69) is 0 Å². The van der Waals surface area contributed by atoms with Gasteiger partial charge in [-0.1, -0.05) is 18.2 Å². The second-order valence-corrected chi connectivity index (χ2v) is 6.49. The lowest BCUT2D eigenvalue weighted by Crippen LogP contribution is -2.25. The van der Waals surface area contributed by atoms with Crippen LogP contribution in [0.15, 0.2) is 46.9 Å². The Hall–Kier alpha value is -3.08. The predicted molar refractivity (Wildman–Crippen MR) is 98.2 cm³/mol. The van der Waals surface area contributed by atoms with Gasteiger partial charge in [0.05, 0.1) is 5.56 Å². The molecule has 2 heterocycles. The highest BCUT2D eigenvalue weighted by Gasteiger charge is 2.23. The van der Waals surface area contributed by atoms with Crippen LogP contribution < -0.4 is 4.90 Å². The summed E-state index contributed by atoms with van der Waals surface area (Å²) in [6.07, 6.45) is 0.749. The van der Waals surface area contributed by atoms with Crippen molar-refractivity contribution in [3.8, 4) is 0 Å². The van der Waals surface area contributed by atoms with Gasteiger partial charge >= 0.3 is 5.97 Å². The summed E-state index contributed by atoms with van der Waals surface area (Å²) in [5.41, 5.74) is 4.14. The Kier molecular flexibility index (Phi) is 3.99. The van der Waals surface area contributed by atoms with Gasteiger partial charge in [0, 0.05) is 30.1 Å². The van der Waals surface area contributed by atoms with Crippen molar-refractivity contribution in [1.29, 1.82) is 0 Å². The number of ether oxygens (including phenoxy) is 1. The van der Waals surface area contributed by atoms with E-state index < -0.39 is 5.97 Å². The van der Waals surface area contributed by atoms with Crippen LogP contribution in [0.5, 0.6) is 0 Å². The Labute approximate surface area is 151 Å². The standard InChI is InChI=1S/C21H19NO4/c1-13-17-5-3-4-6-19(17)26-20(13)12-25-21(24)16-7-8-18-15(11-16)9-10-22(18)14(2)23/h3-8,11H,9-10,12H2,1-2H3. The molecule has 5 heteroatoms. The number of carbonyl (C=O) groups is 2. The molecule has 0 saturated heterocycles. The number of benzene rings is 2. The normalized spacial score (nSPS) is 13.1. The average molecular weight is 349 g/mol. The van der Waals surface area contributed by atoms with Crippen molar-refractivity contribution < 1.29 is 18.7 Å². The van der Waals surface area contributed by atoms with Crippen molar-refractivity contribution in [2.45, 2.75) is 26.9 Å². The van der Waals surface area contributed by atoms with Gasteiger partial charge in [0.2, 0.25) is 5.91 Å². The summed E-state index contributed by atoms with van der Waals surface area (Å²) in [6, 6.07) is 13.1. The molecule has 0 aliphatic carbocycles. The van der Waals surface area contributed by atoms with Gasteiger partial charge < -0.3 is 14.1 Å². The largest absolute Gasteiger partial charge is 0.457 e. The van der Waals surface area contributed by atoms with Crippen LogP contribution in [0.25, 0.3) is 11.0 Å². The third-order valence-corrected chi connectivity index (χ3v) is 4.87. The van der Waals surface area contributed by atoms with Crippen LogP contribution in [-0.4, -0.2) is 18.4 Å². The Balaban J connectivity index is 1.50. The highest BCUT2D eigenvalue weighted by Crippen LogP contribution is 2.29. The van der Waals surface area contributed by atoms with Crippen molar-refractivity contribution in [1.82, 2.24) is 0 Å². The quantitative estimate of drug-likeness (QED) is 0.671. The Morgan fingerprint density at radius 3 is 2.77 bits per heavy atom. The van der Waals surface area contributed by atoms with E-state index in [-0.39, 0.29) is 12.5 Å². The molecule has 0 atom stereocenters. The van der Waals surface area contributed by atoms with Gasteiger partial charge in [-0.3, -0.25) is 4.79 Å². The first-order valence-corrected chi connectivity index (χ1v) is 8.60. The summed E-state index contributed by atoms with van der Waals surface area (Å²) in [7, 11) is 0. The van der Waals surface area contributed by atoms with Crippen LogP contribution in [0.1, 0.15) is 34.2 Å². The van der Waals surface area contributed by atoms with Crippen LogP contribution in [0.3, 0.4) is 0 Å². The number of anilines is 1. The maximum atomic E-state index is 12.4. The van der Waals surface area contributed by atoms with Gasteiger partial charge in [-0.2, -0.15) is 0 Å². The minimum absolute atomic E-state index is 0.0134. The van der Waals surface area contributed by atoms with E-state index in [4.69, 9.17) is 9.15 Å². The highest BCUT2D eigenvalue weighted by atomic mass is 16.5. The molecule has 0 bridgehead atoms. The second kappa shape index (κ2) is 6.33. The van der Waals surface area contributed by atoms with Crippen LogP contribution in [0, 0.1) is 6.92 Å². The first kappa shape index (κ1) is 16.4. The molecule has 132 valence electrons. The van der Waals surface area contributed by atoms with E-state index in [0.29, 0.717) is 17.9 Å². The zero-order valence-corrected chi connectivity index (χ0v) is 14.7. The van der Waals surface area contributed by atoms with Crippen LogP contribution in [0.4, 0.5) is 5.69 Å². The van der Waals surface area contributed by atoms with Crippen LogP contribution in [-0.2, 0) is 22.6 Å². The summed E-state index contributed by atoms with van der Waals surface area (Å²) < 4.78 is 11.2. The number of para-hydroxylation sites is 1. The number of hydrogen-bond donors (Lipinski definition) is 0. The lowest BCUT2D eigenvalue weighted by atomic mass is 10.1. The van der Waals surface area contributed by atoms with E-state index >= 15 is 0 Å². The van der Waals surface area contributed by atoms with Gasteiger partial charge in [0.1, 0.15) is 18.0 Å². The minimum atomic E-state index is -0.395. The number of rotatable bonds is 3. The second-order valence-electron chi connectivity index (χ2n) is 6.49. The van der Waals surface area contributed by atoms with E-state index in [1.165, 1.54) is 0 Å². The van der Waals surface area contributed by atoms with E-state index in [1.54, 1.807) is 17.9 Å². The monoisotopic (exact) mass is 349 g/mol. The fourth-order valence-electron chi connectivity index (χ4n) is 3.43. The van der Waals surface area contributed by atoms with Crippen LogP contribution >= 0.6 is 0 Å². The number of hydrogen-bond acceptors (Lipinski definition) is 4. The molecule has 1 aliphatic heterocycles. The summed E-state index contributed by atoms with van der Waals surface area (Å²) in [5.74, 6) is 0.275. The summed E-state index contributed by atoms with van der Waals surface area (Å²) in [4.78, 5) is 25.8. The van der Waals surface area contributed by atoms with Gasteiger partial charge in [-0.25, -0.2) is 4.79 Å². The zero-order chi connectivity index (χ0) is 18.3. The van der Waals surface area contributed by atoms with E-state index in [9.17, 15) is 9.59 Å². The molecule has 0 radical (unpaired) electrons. The molecule has 1 aliphatic rings. The molecule has 0 saturated carbocycles. The van der Waals surface area contributed by atoms with Crippen molar-refractivity contribution in [3.05, 3.63) is 64.9 Å². The third-order valence-electron chi connectivity index (χ3n) is 4.87. The lowest BCUT2D eigenvalue weighted by molar-refractivity contribution is -0.116. The van der Waals surface area contributed by atoms with Gasteiger partial charge in [0.25, 0.3) is 0 Å². The molecule has 0 N–H and O–H groups in total. The number of carbonyl (C=O) groups excluding carboxylic acids is 2. The molecule has 0 fully saturated rings. The number of furan rings is 1. The minimum Gasteiger partial charge on any atom is -0.457 e. The molecule has 4 rings (SSSR count). The first-order chi connectivity index (χ1) is 12.5. The molecule has 1 amide bonds. The Morgan fingerprint density at radius 1 is 1.19 bits per heavy atom. The van der Waals surface area contributed by atoms with Crippen LogP contribution in [0.2, 0.25) is 0 Å². The smallest absolute Gasteiger partial charge is 0.338 e. The SMILES string of the molecule is CC(=O)N1CCc2cc(C(=O)OCc3oc4ccccc4c3C)ccc21. The molecular weight excluding hydrogens is 330 g/mol. The number of amides is 1. The summed E-state index contributed by atoms with van der Waals surface area (Å²) in [5, 5.41) is 1.03. The molecule has 0 unspecified atom stereocenters. The van der Waals surface area contributed by atoms with Crippen molar-refractivity contribution >= 4 is 28.5 Å². The van der Waals surface area contributed by atoms with Gasteiger partial charge in [-0.05, 0) is 43.2 Å². The molecular formula is C21H19NO4. The molecule has 26 heavy (non-hydrogen) atoms. The van der Waals surface area contributed by atoms with Gasteiger partial charge in [-0.15, -0.1) is 0 Å². The van der Waals surface area contributed by atoms with Crippen molar-refractivity contribution in [2.75, 3.05) is 11.4 Å². The van der Waals surface area contributed by atoms with Crippen molar-refractivity contribution in [3.63, 3.8) is 0 Å². The maximum Gasteiger partial charge on any atom is 0.338 e. The number of aryl methyl sites for hydroxylation is 1. The van der Waals surface area contributed by atoms with Gasteiger partial charge in [0.15, 0.2) is 0 Å². The zero-order valence-electron chi connectivity index (χ0n) is 14.7. The van der Waals surface area contributed by atoms with E-state index in [1.807, 2.05) is 43.3 Å². The number of nitrogens with zero attached hydrogens (tertiary/aromatic N) is 1. The Morgan fingerprint density at radius 2 is 2.00 bits per heavy atom. The first-order valence-electron chi connectivity index (χ1n) is 8.60. The molecule has 2 aromatic carbocycles. The topological polar surface area (TPSA) is 59.8 Å². The maximum absolute atomic E-state index is 12.4. The molecule has 3 aromatic rings. The summed E-state index contributed by atoms with van der Waals surface area (Å²) >= 11 is 0. The molecule has 5 nitrogen and oxygen atoms in total. The lowest BCUT2D eigenvalue weighted by Gasteiger charge is -2.14.